The Morgan fingerprint density at radius 1 is 0.500 bits per heavy atom. The number of rotatable bonds is 5. The van der Waals surface area contributed by atoms with E-state index in [1.807, 2.05) is 30.3 Å². The Bertz CT molecular complexity index is 1150. The zero-order chi connectivity index (χ0) is 19.3. The van der Waals surface area contributed by atoms with Crippen molar-refractivity contribution in [3.05, 3.63) is 96.6 Å². The van der Waals surface area contributed by atoms with Gasteiger partial charge in [-0.3, -0.25) is 19.6 Å². The van der Waals surface area contributed by atoms with Gasteiger partial charge in [0.2, 0.25) is 0 Å². The molecule has 0 N–H and O–H groups in total. The molecule has 134 valence electrons. The van der Waals surface area contributed by atoms with Crippen LogP contribution in [0.1, 0.15) is 21.0 Å². The molecule has 0 aromatic carbocycles. The molecule has 4 aromatic heterocycles. The van der Waals surface area contributed by atoms with Gasteiger partial charge in [0.15, 0.2) is 0 Å². The first-order valence-corrected chi connectivity index (χ1v) is 8.58. The normalized spacial score (nSPS) is 10.4. The van der Waals surface area contributed by atoms with E-state index < -0.39 is 11.6 Å². The summed E-state index contributed by atoms with van der Waals surface area (Å²) in [6, 6.07) is 20.9. The summed E-state index contributed by atoms with van der Waals surface area (Å²) in [4.78, 5) is 42.0. The Hall–Kier alpha value is -4.06. The molecule has 28 heavy (non-hydrogen) atoms. The Balaban J connectivity index is 1.66. The van der Waals surface area contributed by atoms with E-state index >= 15 is 0 Å². The maximum absolute atomic E-state index is 12.5. The fourth-order valence-electron chi connectivity index (χ4n) is 2.67. The van der Waals surface area contributed by atoms with Crippen molar-refractivity contribution in [2.75, 3.05) is 0 Å². The second kappa shape index (κ2) is 7.67. The minimum absolute atomic E-state index is 0.0539. The van der Waals surface area contributed by atoms with Gasteiger partial charge in [-0.25, -0.2) is 9.97 Å². The lowest BCUT2D eigenvalue weighted by Crippen LogP contribution is -2.17. The van der Waals surface area contributed by atoms with Gasteiger partial charge in [0, 0.05) is 12.4 Å². The van der Waals surface area contributed by atoms with E-state index in [0.717, 1.165) is 5.69 Å². The highest BCUT2D eigenvalue weighted by Gasteiger charge is 2.21. The zero-order valence-corrected chi connectivity index (χ0v) is 14.7. The summed E-state index contributed by atoms with van der Waals surface area (Å²) in [7, 11) is 0. The Morgan fingerprint density at radius 2 is 1.04 bits per heavy atom. The lowest BCUT2D eigenvalue weighted by Gasteiger charge is -2.05. The van der Waals surface area contributed by atoms with Gasteiger partial charge < -0.3 is 0 Å². The number of aromatic nitrogens is 4. The summed E-state index contributed by atoms with van der Waals surface area (Å²) in [5.41, 5.74) is 2.66. The Kier molecular flexibility index (Phi) is 4.76. The molecule has 4 aromatic rings. The van der Waals surface area contributed by atoms with Gasteiger partial charge in [-0.15, -0.1) is 0 Å². The molecule has 0 fully saturated rings. The molecule has 0 aliphatic carbocycles. The van der Waals surface area contributed by atoms with Crippen molar-refractivity contribution in [3.63, 3.8) is 0 Å². The summed E-state index contributed by atoms with van der Waals surface area (Å²) < 4.78 is 0. The molecule has 0 aliphatic rings. The van der Waals surface area contributed by atoms with E-state index in [2.05, 4.69) is 19.9 Å². The van der Waals surface area contributed by atoms with E-state index in [1.165, 1.54) is 18.3 Å². The quantitative estimate of drug-likeness (QED) is 0.396. The number of hydrogen-bond acceptors (Lipinski definition) is 6. The maximum Gasteiger partial charge on any atom is 0.253 e. The maximum atomic E-state index is 12.5. The largest absolute Gasteiger partial charge is 0.283 e. The molecule has 0 atom stereocenters. The van der Waals surface area contributed by atoms with E-state index in [-0.39, 0.29) is 11.4 Å². The summed E-state index contributed by atoms with van der Waals surface area (Å²) in [5.74, 6) is -1.40. The van der Waals surface area contributed by atoms with Crippen LogP contribution in [0.4, 0.5) is 0 Å². The predicted molar refractivity (Wildman–Crippen MR) is 104 cm³/mol. The van der Waals surface area contributed by atoms with Crippen LogP contribution in [-0.4, -0.2) is 31.5 Å². The van der Waals surface area contributed by atoms with E-state index in [9.17, 15) is 9.59 Å². The third kappa shape index (κ3) is 3.57. The van der Waals surface area contributed by atoms with Crippen molar-refractivity contribution in [1.82, 2.24) is 19.9 Å². The highest BCUT2D eigenvalue weighted by Crippen LogP contribution is 2.20. The van der Waals surface area contributed by atoms with E-state index in [4.69, 9.17) is 0 Å². The van der Waals surface area contributed by atoms with Gasteiger partial charge in [-0.2, -0.15) is 0 Å². The summed E-state index contributed by atoms with van der Waals surface area (Å²) in [5, 5.41) is 0. The SMILES string of the molecule is O=C(C(=O)c1cccc(-c2cccc(-c3ccccn3)n2)n1)c1ccccn1. The van der Waals surface area contributed by atoms with Crippen molar-refractivity contribution in [1.29, 1.82) is 0 Å². The second-order valence-corrected chi connectivity index (χ2v) is 5.90. The van der Waals surface area contributed by atoms with Crippen molar-refractivity contribution >= 4 is 11.6 Å². The van der Waals surface area contributed by atoms with Crippen LogP contribution in [0, 0.1) is 0 Å². The summed E-state index contributed by atoms with van der Waals surface area (Å²) in [6.45, 7) is 0. The molecular weight excluding hydrogens is 352 g/mol. The fraction of sp³-hybridized carbons (Fsp3) is 0. The first-order valence-electron chi connectivity index (χ1n) is 8.58. The van der Waals surface area contributed by atoms with E-state index in [1.54, 1.807) is 36.5 Å². The average Bonchev–Trinajstić information content (AvgIpc) is 2.79. The van der Waals surface area contributed by atoms with Crippen LogP contribution in [0.25, 0.3) is 22.8 Å². The topological polar surface area (TPSA) is 85.7 Å². The molecule has 6 nitrogen and oxygen atoms in total. The highest BCUT2D eigenvalue weighted by atomic mass is 16.2. The van der Waals surface area contributed by atoms with Crippen LogP contribution in [0.5, 0.6) is 0 Å². The second-order valence-electron chi connectivity index (χ2n) is 5.90. The molecule has 0 bridgehead atoms. The zero-order valence-electron chi connectivity index (χ0n) is 14.7. The minimum atomic E-state index is -0.707. The van der Waals surface area contributed by atoms with Gasteiger partial charge in [-0.1, -0.05) is 24.3 Å². The Labute approximate surface area is 161 Å². The predicted octanol–water partition coefficient (Wildman–Crippen LogP) is 3.67. The van der Waals surface area contributed by atoms with Crippen LogP contribution in [0.15, 0.2) is 85.2 Å². The smallest absolute Gasteiger partial charge is 0.253 e. The van der Waals surface area contributed by atoms with Crippen LogP contribution in [0.2, 0.25) is 0 Å². The molecule has 0 amide bonds. The first kappa shape index (κ1) is 17.4. The summed E-state index contributed by atoms with van der Waals surface area (Å²) in [6.07, 6.45) is 3.17. The third-order valence-corrected chi connectivity index (χ3v) is 4.02. The monoisotopic (exact) mass is 366 g/mol. The number of ketones is 2. The van der Waals surface area contributed by atoms with Gasteiger partial charge in [-0.05, 0) is 48.5 Å². The van der Waals surface area contributed by atoms with Gasteiger partial charge in [0.1, 0.15) is 11.4 Å². The minimum Gasteiger partial charge on any atom is -0.283 e. The van der Waals surface area contributed by atoms with Crippen LogP contribution < -0.4 is 0 Å². The lowest BCUT2D eigenvalue weighted by atomic mass is 10.1. The average molecular weight is 366 g/mol. The molecule has 4 rings (SSSR count). The fourth-order valence-corrected chi connectivity index (χ4v) is 2.67. The van der Waals surface area contributed by atoms with Crippen molar-refractivity contribution in [2.45, 2.75) is 0 Å². The van der Waals surface area contributed by atoms with E-state index in [0.29, 0.717) is 17.1 Å². The lowest BCUT2D eigenvalue weighted by molar-refractivity contribution is 0.0811. The molecular formula is C22H14N4O2. The van der Waals surface area contributed by atoms with Gasteiger partial charge in [0.05, 0.1) is 22.8 Å². The van der Waals surface area contributed by atoms with Crippen LogP contribution in [-0.2, 0) is 0 Å². The van der Waals surface area contributed by atoms with Crippen LogP contribution >= 0.6 is 0 Å². The third-order valence-electron chi connectivity index (χ3n) is 4.02. The van der Waals surface area contributed by atoms with Crippen LogP contribution in [0.3, 0.4) is 0 Å². The molecule has 6 heteroatoms. The number of carbonyl (C=O) groups is 2. The van der Waals surface area contributed by atoms with Gasteiger partial charge in [0.25, 0.3) is 11.6 Å². The molecule has 4 heterocycles. The molecule has 0 spiro atoms. The number of Topliss-reactive ketones (excluding diaryl/α,β-unsaturated/α-hetero) is 2. The van der Waals surface area contributed by atoms with Crippen molar-refractivity contribution < 1.29 is 9.59 Å². The number of nitrogens with zero attached hydrogens (tertiary/aromatic N) is 4. The molecule has 0 unspecified atom stereocenters. The standard InChI is InChI=1S/C22H14N4O2/c27-21(19-8-2-4-14-24-19)22(28)20-12-6-11-18(26-20)17-10-5-9-16(25-17)15-7-1-3-13-23-15/h1-14H. The number of carbonyl (C=O) groups excluding carboxylic acids is 2. The Morgan fingerprint density at radius 3 is 1.71 bits per heavy atom. The first-order chi connectivity index (χ1) is 13.7. The molecule has 0 saturated carbocycles. The number of pyridine rings is 4. The van der Waals surface area contributed by atoms with Gasteiger partial charge >= 0.3 is 0 Å². The summed E-state index contributed by atoms with van der Waals surface area (Å²) >= 11 is 0. The van der Waals surface area contributed by atoms with Crippen molar-refractivity contribution in [2.24, 2.45) is 0 Å². The molecule has 0 radical (unpaired) electrons. The highest BCUT2D eigenvalue weighted by molar-refractivity contribution is 6.48. The van der Waals surface area contributed by atoms with Crippen molar-refractivity contribution in [3.8, 4) is 22.8 Å². The molecule has 0 saturated heterocycles. The molecule has 0 aliphatic heterocycles. The number of hydrogen-bond donors (Lipinski definition) is 0.